The van der Waals surface area contributed by atoms with Crippen LogP contribution in [0.15, 0.2) is 11.3 Å². The zero-order valence-electron chi connectivity index (χ0n) is 7.33. The second-order valence-corrected chi connectivity index (χ2v) is 2.94. The Bertz CT molecular complexity index is 344. The summed E-state index contributed by atoms with van der Waals surface area (Å²) in [5.41, 5.74) is -0.180. The molecule has 0 spiro atoms. The molecule has 1 heterocycles. The fourth-order valence-corrected chi connectivity index (χ4v) is 1.39. The molecule has 0 aliphatic carbocycles. The Morgan fingerprint density at radius 1 is 1.43 bits per heavy atom. The molecule has 0 saturated carbocycles. The number of aliphatic carboxylic acids is 2. The number of carboxylic acids is 2. The Morgan fingerprint density at radius 3 is 2.43 bits per heavy atom. The second kappa shape index (κ2) is 3.49. The predicted molar refractivity (Wildman–Crippen MR) is 39.0 cm³/mol. The Morgan fingerprint density at radius 2 is 2.00 bits per heavy atom. The van der Waals surface area contributed by atoms with Gasteiger partial charge in [-0.1, -0.05) is 0 Å². The molecule has 14 heavy (non-hydrogen) atoms. The summed E-state index contributed by atoms with van der Waals surface area (Å²) < 4.78 is 0. The predicted octanol–water partition coefficient (Wildman–Crippen LogP) is -3.10. The summed E-state index contributed by atoms with van der Waals surface area (Å²) in [4.78, 5) is 31.9. The van der Waals surface area contributed by atoms with Gasteiger partial charge in [0.15, 0.2) is 0 Å². The first-order chi connectivity index (χ1) is 6.43. The topological polar surface area (TPSA) is 109 Å². The van der Waals surface area contributed by atoms with Crippen LogP contribution in [0.2, 0.25) is 0 Å². The van der Waals surface area contributed by atoms with Gasteiger partial charge in [-0.15, -0.1) is 0 Å². The molecule has 0 radical (unpaired) electrons. The van der Waals surface area contributed by atoms with Crippen molar-refractivity contribution >= 4 is 17.8 Å². The van der Waals surface area contributed by atoms with Crippen molar-refractivity contribution in [2.24, 2.45) is 5.92 Å². The van der Waals surface area contributed by atoms with E-state index in [1.54, 1.807) is 0 Å². The number of carbonyl (C=O) groups excluding carboxylic acids is 3. The highest BCUT2D eigenvalue weighted by atomic mass is 16.4. The third-order valence-electron chi connectivity index (χ3n) is 1.97. The molecule has 1 atom stereocenters. The van der Waals surface area contributed by atoms with Crippen molar-refractivity contribution in [1.29, 1.82) is 0 Å². The fourth-order valence-electron chi connectivity index (χ4n) is 1.39. The van der Waals surface area contributed by atoms with Crippen molar-refractivity contribution in [3.63, 3.8) is 0 Å². The van der Waals surface area contributed by atoms with Gasteiger partial charge in [0.25, 0.3) is 0 Å². The average molecular weight is 197 g/mol. The van der Waals surface area contributed by atoms with Gasteiger partial charge in [0.05, 0.1) is 11.9 Å². The van der Waals surface area contributed by atoms with E-state index in [1.807, 2.05) is 0 Å². The third-order valence-corrected chi connectivity index (χ3v) is 1.97. The Kier molecular flexibility index (Phi) is 2.55. The molecule has 1 rings (SSSR count). The van der Waals surface area contributed by atoms with E-state index in [-0.39, 0.29) is 11.3 Å². The summed E-state index contributed by atoms with van der Waals surface area (Å²) in [6.07, 6.45) is -0.646. The van der Waals surface area contributed by atoms with Crippen LogP contribution in [0.1, 0.15) is 13.3 Å². The molecule has 1 N–H and O–H groups in total. The SMILES string of the molecule is CC1=C(C(=O)[O-])[C@@H](CC(=O)[O-])C(=O)N1. The van der Waals surface area contributed by atoms with Crippen LogP contribution >= 0.6 is 0 Å². The van der Waals surface area contributed by atoms with E-state index in [1.165, 1.54) is 6.92 Å². The first kappa shape index (κ1) is 10.2. The molecule has 76 valence electrons. The first-order valence-corrected chi connectivity index (χ1v) is 3.86. The van der Waals surface area contributed by atoms with Crippen LogP contribution in [0.5, 0.6) is 0 Å². The lowest BCUT2D eigenvalue weighted by atomic mass is 9.97. The van der Waals surface area contributed by atoms with E-state index in [2.05, 4.69) is 5.32 Å². The number of hydrogen-bond acceptors (Lipinski definition) is 5. The number of amides is 1. The molecule has 6 nitrogen and oxygen atoms in total. The largest absolute Gasteiger partial charge is 0.550 e. The number of rotatable bonds is 3. The smallest absolute Gasteiger partial charge is 0.232 e. The number of allylic oxidation sites excluding steroid dienone is 1. The summed E-state index contributed by atoms with van der Waals surface area (Å²) in [7, 11) is 0. The molecule has 0 aromatic rings. The highest BCUT2D eigenvalue weighted by molar-refractivity contribution is 6.01. The van der Waals surface area contributed by atoms with Crippen molar-refractivity contribution in [1.82, 2.24) is 5.32 Å². The number of nitrogens with one attached hydrogen (secondary N) is 1. The highest BCUT2D eigenvalue weighted by Crippen LogP contribution is 2.23. The third kappa shape index (κ3) is 1.73. The van der Waals surface area contributed by atoms with Gasteiger partial charge in [-0.25, -0.2) is 0 Å². The molecule has 0 saturated heterocycles. The fraction of sp³-hybridized carbons (Fsp3) is 0.375. The Hall–Kier alpha value is -1.85. The van der Waals surface area contributed by atoms with Gasteiger partial charge in [-0.05, 0) is 6.92 Å². The zero-order chi connectivity index (χ0) is 10.9. The van der Waals surface area contributed by atoms with Gasteiger partial charge in [-0.3, -0.25) is 4.79 Å². The van der Waals surface area contributed by atoms with E-state index in [9.17, 15) is 24.6 Å². The minimum Gasteiger partial charge on any atom is -0.550 e. The van der Waals surface area contributed by atoms with Gasteiger partial charge < -0.3 is 25.1 Å². The standard InChI is InChI=1S/C8H9NO5/c1-3-6(8(13)14)4(2-5(10)11)7(12)9-3/h4H,2H2,1H3,(H,9,12)(H,10,11)(H,13,14)/p-2/t4-/m1/s1. The van der Waals surface area contributed by atoms with E-state index in [0.717, 1.165) is 0 Å². The van der Waals surface area contributed by atoms with E-state index < -0.39 is 30.2 Å². The molecule has 0 aromatic carbocycles. The molecular weight excluding hydrogens is 190 g/mol. The van der Waals surface area contributed by atoms with E-state index in [0.29, 0.717) is 0 Å². The van der Waals surface area contributed by atoms with Crippen molar-refractivity contribution < 1.29 is 24.6 Å². The molecule has 6 heteroatoms. The highest BCUT2D eigenvalue weighted by Gasteiger charge is 2.31. The summed E-state index contributed by atoms with van der Waals surface area (Å²) in [5.74, 6) is -4.86. The molecule has 1 aliphatic heterocycles. The van der Waals surface area contributed by atoms with Gasteiger partial charge in [0.2, 0.25) is 5.91 Å². The average Bonchev–Trinajstić information content (AvgIpc) is 2.25. The van der Waals surface area contributed by atoms with Crippen LogP contribution in [-0.4, -0.2) is 17.8 Å². The van der Waals surface area contributed by atoms with Crippen LogP contribution in [0, 0.1) is 5.92 Å². The van der Waals surface area contributed by atoms with E-state index >= 15 is 0 Å². The van der Waals surface area contributed by atoms with Crippen LogP contribution in [0.3, 0.4) is 0 Å². The number of carbonyl (C=O) groups is 3. The lowest BCUT2D eigenvalue weighted by Crippen LogP contribution is -2.34. The molecule has 0 aromatic heterocycles. The molecule has 1 aliphatic rings. The summed E-state index contributed by atoms with van der Waals surface area (Å²) in [6.45, 7) is 1.37. The molecule has 0 unspecified atom stereocenters. The lowest BCUT2D eigenvalue weighted by molar-refractivity contribution is -0.306. The molecular formula is C8H7NO5-2. The Balaban J connectivity index is 2.97. The summed E-state index contributed by atoms with van der Waals surface area (Å²) in [5, 5.41) is 23.1. The maximum atomic E-state index is 11.1. The normalized spacial score (nSPS) is 20.9. The Labute approximate surface area is 79.2 Å². The van der Waals surface area contributed by atoms with Crippen molar-refractivity contribution in [3.8, 4) is 0 Å². The summed E-state index contributed by atoms with van der Waals surface area (Å²) in [6, 6.07) is 0. The van der Waals surface area contributed by atoms with Crippen molar-refractivity contribution in [2.75, 3.05) is 0 Å². The summed E-state index contributed by atoms with van der Waals surface area (Å²) >= 11 is 0. The maximum absolute atomic E-state index is 11.1. The quantitative estimate of drug-likeness (QED) is 0.515. The molecule has 0 fully saturated rings. The van der Waals surface area contributed by atoms with Crippen molar-refractivity contribution in [2.45, 2.75) is 13.3 Å². The monoisotopic (exact) mass is 197 g/mol. The van der Waals surface area contributed by atoms with Crippen LogP contribution in [-0.2, 0) is 14.4 Å². The van der Waals surface area contributed by atoms with E-state index in [4.69, 9.17) is 0 Å². The minimum atomic E-state index is -1.54. The maximum Gasteiger partial charge on any atom is 0.232 e. The van der Waals surface area contributed by atoms with Gasteiger partial charge in [0.1, 0.15) is 0 Å². The minimum absolute atomic E-state index is 0.126. The second-order valence-electron chi connectivity index (χ2n) is 2.94. The number of carboxylic acid groups (broad SMARTS) is 2. The van der Waals surface area contributed by atoms with Gasteiger partial charge >= 0.3 is 0 Å². The van der Waals surface area contributed by atoms with Gasteiger partial charge in [0, 0.05) is 23.7 Å². The zero-order valence-corrected chi connectivity index (χ0v) is 7.33. The lowest BCUT2D eigenvalue weighted by Gasteiger charge is -2.13. The molecule has 1 amide bonds. The van der Waals surface area contributed by atoms with Crippen molar-refractivity contribution in [3.05, 3.63) is 11.3 Å². The number of hydrogen-bond donors (Lipinski definition) is 1. The van der Waals surface area contributed by atoms with Crippen LogP contribution in [0.4, 0.5) is 0 Å². The molecule has 0 bridgehead atoms. The van der Waals surface area contributed by atoms with Crippen LogP contribution in [0.25, 0.3) is 0 Å². The first-order valence-electron chi connectivity index (χ1n) is 3.86. The van der Waals surface area contributed by atoms with Gasteiger partial charge in [-0.2, -0.15) is 0 Å². The van der Waals surface area contributed by atoms with Crippen LogP contribution < -0.4 is 15.5 Å².